The van der Waals surface area contributed by atoms with Crippen molar-refractivity contribution < 1.29 is 13.5 Å². The average molecular weight is 240 g/mol. The molecule has 1 atom stereocenters. The first-order valence-corrected chi connectivity index (χ1v) is 6.18. The Morgan fingerprint density at radius 3 is 2.35 bits per heavy atom. The molecule has 1 fully saturated rings. The Morgan fingerprint density at radius 2 is 1.76 bits per heavy atom. The summed E-state index contributed by atoms with van der Waals surface area (Å²) >= 11 is 0. The number of halogens is 2. The average Bonchev–Trinajstić information content (AvgIpc) is 2.38. The van der Waals surface area contributed by atoms with Crippen molar-refractivity contribution in [1.29, 1.82) is 0 Å². The summed E-state index contributed by atoms with van der Waals surface area (Å²) in [5, 5.41) is 0. The Bertz CT molecular complexity index is 320. The summed E-state index contributed by atoms with van der Waals surface area (Å²) in [6, 6.07) is 9.12. The van der Waals surface area contributed by atoms with E-state index in [0.717, 1.165) is 31.6 Å². The zero-order valence-electron chi connectivity index (χ0n) is 9.82. The SMILES string of the molecule is FC(F)C(CC1CCOCC1)c1ccccc1. The van der Waals surface area contributed by atoms with Gasteiger partial charge in [-0.15, -0.1) is 0 Å². The van der Waals surface area contributed by atoms with E-state index in [0.29, 0.717) is 12.3 Å². The van der Waals surface area contributed by atoms with Gasteiger partial charge in [-0.1, -0.05) is 30.3 Å². The molecular formula is C14H18F2O. The van der Waals surface area contributed by atoms with Crippen molar-refractivity contribution in [2.75, 3.05) is 13.2 Å². The minimum atomic E-state index is -2.28. The lowest BCUT2D eigenvalue weighted by Crippen LogP contribution is -2.20. The Balaban J connectivity index is 2.02. The quantitative estimate of drug-likeness (QED) is 0.776. The predicted octanol–water partition coefficient (Wildman–Crippen LogP) is 3.85. The normalized spacial score (nSPS) is 19.5. The number of hydrogen-bond donors (Lipinski definition) is 0. The zero-order chi connectivity index (χ0) is 12.1. The van der Waals surface area contributed by atoms with Gasteiger partial charge in [0, 0.05) is 19.1 Å². The van der Waals surface area contributed by atoms with Gasteiger partial charge in [0.1, 0.15) is 0 Å². The smallest absolute Gasteiger partial charge is 0.245 e. The fraction of sp³-hybridized carbons (Fsp3) is 0.571. The molecule has 0 amide bonds. The van der Waals surface area contributed by atoms with E-state index >= 15 is 0 Å². The highest BCUT2D eigenvalue weighted by molar-refractivity contribution is 5.20. The summed E-state index contributed by atoms with van der Waals surface area (Å²) in [6.07, 6.45) is 0.122. The Morgan fingerprint density at radius 1 is 1.12 bits per heavy atom. The van der Waals surface area contributed by atoms with E-state index in [1.807, 2.05) is 18.2 Å². The van der Waals surface area contributed by atoms with E-state index in [1.54, 1.807) is 12.1 Å². The third-order valence-electron chi connectivity index (χ3n) is 3.46. The predicted molar refractivity (Wildman–Crippen MR) is 63.3 cm³/mol. The molecule has 2 rings (SSSR count). The molecule has 1 heterocycles. The van der Waals surface area contributed by atoms with E-state index in [1.165, 1.54) is 0 Å². The summed E-state index contributed by atoms with van der Waals surface area (Å²) in [4.78, 5) is 0. The van der Waals surface area contributed by atoms with Gasteiger partial charge in [-0.05, 0) is 30.7 Å². The van der Waals surface area contributed by atoms with Crippen LogP contribution in [0.2, 0.25) is 0 Å². The van der Waals surface area contributed by atoms with Crippen molar-refractivity contribution in [1.82, 2.24) is 0 Å². The van der Waals surface area contributed by atoms with E-state index in [-0.39, 0.29) is 0 Å². The molecule has 0 radical (unpaired) electrons. The van der Waals surface area contributed by atoms with E-state index in [4.69, 9.17) is 4.74 Å². The molecule has 1 unspecified atom stereocenters. The highest BCUT2D eigenvalue weighted by Gasteiger charge is 2.26. The van der Waals surface area contributed by atoms with Gasteiger partial charge >= 0.3 is 0 Å². The second-order valence-corrected chi connectivity index (χ2v) is 4.64. The summed E-state index contributed by atoms with van der Waals surface area (Å²) in [5.41, 5.74) is 0.758. The van der Waals surface area contributed by atoms with Crippen molar-refractivity contribution in [3.63, 3.8) is 0 Å². The number of hydrogen-bond acceptors (Lipinski definition) is 1. The van der Waals surface area contributed by atoms with Crippen molar-refractivity contribution >= 4 is 0 Å². The molecule has 0 N–H and O–H groups in total. The maximum atomic E-state index is 13.1. The van der Waals surface area contributed by atoms with Gasteiger partial charge in [0.25, 0.3) is 0 Å². The Kier molecular flexibility index (Phi) is 4.49. The number of rotatable bonds is 4. The van der Waals surface area contributed by atoms with Crippen LogP contribution in [0.1, 0.15) is 30.7 Å². The molecule has 0 aliphatic carbocycles. The second-order valence-electron chi connectivity index (χ2n) is 4.64. The van der Waals surface area contributed by atoms with Crippen LogP contribution in [0.4, 0.5) is 8.78 Å². The second kappa shape index (κ2) is 6.10. The highest BCUT2D eigenvalue weighted by atomic mass is 19.3. The molecule has 1 aromatic carbocycles. The van der Waals surface area contributed by atoms with Crippen molar-refractivity contribution in [2.24, 2.45) is 5.92 Å². The van der Waals surface area contributed by atoms with Gasteiger partial charge in [0.15, 0.2) is 0 Å². The first-order chi connectivity index (χ1) is 8.27. The van der Waals surface area contributed by atoms with E-state index in [2.05, 4.69) is 0 Å². The Hall–Kier alpha value is -0.960. The molecule has 0 saturated carbocycles. The van der Waals surface area contributed by atoms with Crippen LogP contribution >= 0.6 is 0 Å². The van der Waals surface area contributed by atoms with E-state index < -0.39 is 12.3 Å². The lowest BCUT2D eigenvalue weighted by molar-refractivity contribution is 0.0455. The van der Waals surface area contributed by atoms with Crippen LogP contribution in [0.5, 0.6) is 0 Å². The van der Waals surface area contributed by atoms with Crippen LogP contribution in [0.15, 0.2) is 30.3 Å². The first-order valence-electron chi connectivity index (χ1n) is 6.18. The summed E-state index contributed by atoms with van der Waals surface area (Å²) in [7, 11) is 0. The van der Waals surface area contributed by atoms with Gasteiger partial charge in [-0.3, -0.25) is 0 Å². The van der Waals surface area contributed by atoms with Gasteiger partial charge in [0.05, 0.1) is 0 Å². The van der Waals surface area contributed by atoms with Crippen molar-refractivity contribution in [2.45, 2.75) is 31.6 Å². The van der Waals surface area contributed by atoms with Crippen molar-refractivity contribution in [3.05, 3.63) is 35.9 Å². The van der Waals surface area contributed by atoms with Gasteiger partial charge in [0.2, 0.25) is 6.43 Å². The minimum Gasteiger partial charge on any atom is -0.381 e. The largest absolute Gasteiger partial charge is 0.381 e. The highest BCUT2D eigenvalue weighted by Crippen LogP contribution is 2.33. The fourth-order valence-electron chi connectivity index (χ4n) is 2.43. The monoisotopic (exact) mass is 240 g/mol. The van der Waals surface area contributed by atoms with Crippen LogP contribution in [0.25, 0.3) is 0 Å². The molecule has 0 spiro atoms. The lowest BCUT2D eigenvalue weighted by Gasteiger charge is -2.26. The summed E-state index contributed by atoms with van der Waals surface area (Å²) in [5.74, 6) is -0.248. The summed E-state index contributed by atoms with van der Waals surface area (Å²) in [6.45, 7) is 1.44. The third-order valence-corrected chi connectivity index (χ3v) is 3.46. The van der Waals surface area contributed by atoms with Crippen LogP contribution < -0.4 is 0 Å². The van der Waals surface area contributed by atoms with Gasteiger partial charge < -0.3 is 4.74 Å². The maximum absolute atomic E-state index is 13.1. The number of benzene rings is 1. The Labute approximate surface area is 101 Å². The lowest BCUT2D eigenvalue weighted by atomic mass is 9.85. The fourth-order valence-corrected chi connectivity index (χ4v) is 2.43. The molecule has 1 aliphatic heterocycles. The van der Waals surface area contributed by atoms with Crippen molar-refractivity contribution in [3.8, 4) is 0 Å². The molecule has 1 aliphatic rings. The first kappa shape index (κ1) is 12.5. The molecule has 1 nitrogen and oxygen atoms in total. The molecule has 0 aromatic heterocycles. The van der Waals surface area contributed by atoms with Crippen LogP contribution in [0, 0.1) is 5.92 Å². The molecule has 1 aromatic rings. The number of ether oxygens (including phenoxy) is 1. The molecule has 94 valence electrons. The summed E-state index contributed by atoms with van der Waals surface area (Å²) < 4.78 is 31.5. The van der Waals surface area contributed by atoms with Gasteiger partial charge in [-0.25, -0.2) is 8.78 Å². The van der Waals surface area contributed by atoms with Crippen LogP contribution in [-0.2, 0) is 4.74 Å². The molecule has 0 bridgehead atoms. The molecule has 17 heavy (non-hydrogen) atoms. The number of alkyl halides is 2. The van der Waals surface area contributed by atoms with Crippen LogP contribution in [-0.4, -0.2) is 19.6 Å². The standard InChI is InChI=1S/C14H18F2O/c15-14(16)13(12-4-2-1-3-5-12)10-11-6-8-17-9-7-11/h1-5,11,13-14H,6-10H2. The molecule has 3 heteroatoms. The molecular weight excluding hydrogens is 222 g/mol. The zero-order valence-corrected chi connectivity index (χ0v) is 9.82. The van der Waals surface area contributed by atoms with E-state index in [9.17, 15) is 8.78 Å². The molecule has 1 saturated heterocycles. The maximum Gasteiger partial charge on any atom is 0.245 e. The van der Waals surface area contributed by atoms with Gasteiger partial charge in [-0.2, -0.15) is 0 Å². The topological polar surface area (TPSA) is 9.23 Å². The van der Waals surface area contributed by atoms with Crippen LogP contribution in [0.3, 0.4) is 0 Å². The third kappa shape index (κ3) is 3.50. The minimum absolute atomic E-state index is 0.378.